The highest BCUT2D eigenvalue weighted by molar-refractivity contribution is 7.99. The van der Waals surface area contributed by atoms with Gasteiger partial charge in [-0.05, 0) is 38.1 Å². The van der Waals surface area contributed by atoms with Crippen molar-refractivity contribution in [1.29, 1.82) is 0 Å². The van der Waals surface area contributed by atoms with E-state index in [9.17, 15) is 28.0 Å². The van der Waals surface area contributed by atoms with Crippen LogP contribution < -0.4 is 10.9 Å². The van der Waals surface area contributed by atoms with Gasteiger partial charge in [0.1, 0.15) is 22.8 Å². The zero-order valence-corrected chi connectivity index (χ0v) is 25.4. The molecule has 0 amide bonds. The lowest BCUT2D eigenvalue weighted by atomic mass is 10.1. The topological polar surface area (TPSA) is 96.6 Å². The number of aryl methyl sites for hydroxylation is 2. The van der Waals surface area contributed by atoms with E-state index in [-0.39, 0.29) is 45.2 Å². The van der Waals surface area contributed by atoms with Crippen molar-refractivity contribution in [1.82, 2.24) is 9.13 Å². The minimum atomic E-state index is -0.692. The summed E-state index contributed by atoms with van der Waals surface area (Å²) in [5.41, 5.74) is -0.0833. The van der Waals surface area contributed by atoms with Gasteiger partial charge in [0.15, 0.2) is 0 Å². The largest absolute Gasteiger partial charge is 0.462 e. The van der Waals surface area contributed by atoms with Crippen LogP contribution in [0.1, 0.15) is 34.6 Å². The van der Waals surface area contributed by atoms with Crippen LogP contribution in [0.4, 0.5) is 8.78 Å². The number of carbonyl (C=O) groups excluding carboxylic acids is 2. The predicted octanol–water partition coefficient (Wildman–Crippen LogP) is 6.15. The number of esters is 2. The Balaban J connectivity index is 0.000000168. The highest BCUT2D eigenvalue weighted by atomic mass is 35.5. The number of carbonyl (C=O) groups is 2. The summed E-state index contributed by atoms with van der Waals surface area (Å²) in [7, 11) is 0. The number of hydrogen-bond acceptors (Lipinski definition) is 8. The summed E-state index contributed by atoms with van der Waals surface area (Å²) in [4.78, 5) is 49.3. The van der Waals surface area contributed by atoms with Crippen LogP contribution in [0, 0.1) is 11.6 Å². The Morgan fingerprint density at radius 3 is 1.95 bits per heavy atom. The van der Waals surface area contributed by atoms with Gasteiger partial charge >= 0.3 is 11.9 Å². The van der Waals surface area contributed by atoms with Gasteiger partial charge in [-0.3, -0.25) is 9.59 Å². The molecule has 2 aliphatic rings. The molecule has 6 rings (SSSR count). The zero-order chi connectivity index (χ0) is 30.3. The molecule has 0 unspecified atom stereocenters. The molecule has 0 atom stereocenters. The summed E-state index contributed by atoms with van der Waals surface area (Å²) < 4.78 is 40.9. The normalized spacial score (nSPS) is 13.5. The Kier molecular flexibility index (Phi) is 8.89. The van der Waals surface area contributed by atoms with Crippen LogP contribution in [0.3, 0.4) is 0 Å². The molecular weight excluding hydrogens is 633 g/mol. The summed E-state index contributed by atoms with van der Waals surface area (Å²) in [5.74, 6) is -1.25. The fraction of sp³-hybridized carbons (Fsp3) is 0.286. The number of pyridine rings is 2. The number of nitrogens with zero attached hydrogens (tertiary/aromatic N) is 2. The molecule has 0 saturated carbocycles. The maximum absolute atomic E-state index is 13.7. The van der Waals surface area contributed by atoms with Gasteiger partial charge in [0, 0.05) is 30.0 Å². The Bertz CT molecular complexity index is 1890. The number of thioether (sulfide) groups is 2. The number of aromatic nitrogens is 2. The highest BCUT2D eigenvalue weighted by Gasteiger charge is 2.29. The Labute approximate surface area is 255 Å². The number of benzene rings is 2. The van der Waals surface area contributed by atoms with Gasteiger partial charge in [-0.1, -0.05) is 23.2 Å². The fourth-order valence-electron chi connectivity index (χ4n) is 4.84. The molecule has 220 valence electrons. The van der Waals surface area contributed by atoms with Gasteiger partial charge in [0.2, 0.25) is 10.9 Å². The second-order valence-electron chi connectivity index (χ2n) is 9.00. The van der Waals surface area contributed by atoms with Crippen molar-refractivity contribution in [2.24, 2.45) is 0 Å². The predicted molar refractivity (Wildman–Crippen MR) is 160 cm³/mol. The Morgan fingerprint density at radius 2 is 1.38 bits per heavy atom. The molecular formula is C28H22Cl2F2N2O6S2. The first-order chi connectivity index (χ1) is 20.1. The molecule has 0 spiro atoms. The van der Waals surface area contributed by atoms with Crippen LogP contribution in [0.2, 0.25) is 10.0 Å². The quantitative estimate of drug-likeness (QED) is 0.242. The molecule has 42 heavy (non-hydrogen) atoms. The van der Waals surface area contributed by atoms with Crippen molar-refractivity contribution in [3.63, 3.8) is 0 Å². The second kappa shape index (κ2) is 12.3. The molecule has 0 N–H and O–H groups in total. The van der Waals surface area contributed by atoms with Gasteiger partial charge in [0.05, 0.1) is 49.7 Å². The van der Waals surface area contributed by atoms with Gasteiger partial charge < -0.3 is 18.6 Å². The summed E-state index contributed by atoms with van der Waals surface area (Å²) in [6.07, 6.45) is 0. The van der Waals surface area contributed by atoms with E-state index in [0.717, 1.165) is 17.6 Å². The summed E-state index contributed by atoms with van der Waals surface area (Å²) in [5, 5.41) is 1.01. The zero-order valence-electron chi connectivity index (χ0n) is 22.2. The summed E-state index contributed by atoms with van der Waals surface area (Å²) >= 11 is 14.6. The molecule has 2 aromatic carbocycles. The molecule has 0 saturated heterocycles. The van der Waals surface area contributed by atoms with Crippen molar-refractivity contribution < 1.29 is 27.8 Å². The van der Waals surface area contributed by atoms with Crippen LogP contribution in [0.15, 0.2) is 43.9 Å². The lowest BCUT2D eigenvalue weighted by molar-refractivity contribution is 0.0509. The van der Waals surface area contributed by atoms with Crippen molar-refractivity contribution in [2.45, 2.75) is 37.0 Å². The first kappa shape index (κ1) is 30.4. The van der Waals surface area contributed by atoms with Crippen molar-refractivity contribution in [2.75, 3.05) is 24.7 Å². The Morgan fingerprint density at radius 1 is 0.833 bits per heavy atom. The van der Waals surface area contributed by atoms with Gasteiger partial charge in [-0.15, -0.1) is 23.5 Å². The molecule has 0 aliphatic carbocycles. The van der Waals surface area contributed by atoms with E-state index in [0.29, 0.717) is 34.2 Å². The maximum atomic E-state index is 13.7. The fourth-order valence-corrected chi connectivity index (χ4v) is 7.51. The number of hydrogen-bond donors (Lipinski definition) is 0. The van der Waals surface area contributed by atoms with Crippen LogP contribution in [0.25, 0.3) is 21.8 Å². The monoisotopic (exact) mass is 654 g/mol. The maximum Gasteiger partial charge on any atom is 0.344 e. The number of rotatable bonds is 4. The lowest BCUT2D eigenvalue weighted by Crippen LogP contribution is -2.22. The lowest BCUT2D eigenvalue weighted by Gasteiger charge is -2.13. The standard InChI is InChI=1S/2C14H11ClFNO3S/c1-2-20-14(19)11-12(18)7-5-9(16)8(15)6-10(7)17-3-4-21-13(11)17;1-2-20-14(19)10-12(18)9-8(4-3-7(16)11(9)15)17-5-6-21-13(10)17/h5-6H,2-4H2,1H3;3-4H,2,5-6H2,1H3. The van der Waals surface area contributed by atoms with E-state index in [1.807, 2.05) is 9.13 Å². The third-order valence-corrected chi connectivity index (χ3v) is 9.43. The van der Waals surface area contributed by atoms with Crippen LogP contribution in [-0.4, -0.2) is 45.8 Å². The average molecular weight is 656 g/mol. The van der Waals surface area contributed by atoms with E-state index in [4.69, 9.17) is 32.7 Å². The van der Waals surface area contributed by atoms with Gasteiger partial charge in [-0.25, -0.2) is 18.4 Å². The van der Waals surface area contributed by atoms with Crippen molar-refractivity contribution in [3.8, 4) is 0 Å². The molecule has 0 radical (unpaired) electrons. The molecule has 2 aliphatic heterocycles. The SMILES string of the molecule is CCOC(=O)c1c2n(c3cc(Cl)c(F)cc3c1=O)CCS2.CCOC(=O)c1c2n(c3ccc(F)c(Cl)c3c1=O)CCS2. The van der Waals surface area contributed by atoms with E-state index in [1.165, 1.54) is 41.7 Å². The molecule has 4 aromatic rings. The highest BCUT2D eigenvalue weighted by Crippen LogP contribution is 2.35. The third-order valence-electron chi connectivity index (χ3n) is 6.60. The first-order valence-corrected chi connectivity index (χ1v) is 15.5. The third kappa shape index (κ3) is 5.18. The average Bonchev–Trinajstić information content (AvgIpc) is 3.63. The van der Waals surface area contributed by atoms with E-state index in [1.54, 1.807) is 13.8 Å². The Hall–Kier alpha value is -3.06. The molecule has 4 heterocycles. The van der Waals surface area contributed by atoms with Crippen molar-refractivity contribution >= 4 is 80.5 Å². The number of ether oxygens (including phenoxy) is 2. The van der Waals surface area contributed by atoms with Crippen LogP contribution in [0.5, 0.6) is 0 Å². The first-order valence-electron chi connectivity index (χ1n) is 12.8. The second-order valence-corrected chi connectivity index (χ2v) is 12.0. The number of fused-ring (bicyclic) bond motifs is 6. The van der Waals surface area contributed by atoms with Gasteiger partial charge in [-0.2, -0.15) is 0 Å². The van der Waals surface area contributed by atoms with Crippen LogP contribution >= 0.6 is 46.7 Å². The molecule has 8 nitrogen and oxygen atoms in total. The molecule has 14 heteroatoms. The van der Waals surface area contributed by atoms with Crippen molar-refractivity contribution in [3.05, 3.63) is 77.5 Å². The minimum absolute atomic E-state index is 0.0198. The van der Waals surface area contributed by atoms with E-state index in [2.05, 4.69) is 0 Å². The molecule has 0 bridgehead atoms. The van der Waals surface area contributed by atoms with Crippen LogP contribution in [-0.2, 0) is 22.6 Å². The van der Waals surface area contributed by atoms with Gasteiger partial charge in [0.25, 0.3) is 0 Å². The van der Waals surface area contributed by atoms with E-state index < -0.39 is 34.4 Å². The van der Waals surface area contributed by atoms with E-state index >= 15 is 0 Å². The molecule has 0 fully saturated rings. The number of halogens is 4. The molecule has 2 aromatic heterocycles. The summed E-state index contributed by atoms with van der Waals surface area (Å²) in [6, 6.07) is 5.25. The smallest absolute Gasteiger partial charge is 0.344 e. The minimum Gasteiger partial charge on any atom is -0.462 e. The summed E-state index contributed by atoms with van der Waals surface area (Å²) in [6.45, 7) is 4.93.